The molecule has 0 radical (unpaired) electrons. The highest BCUT2D eigenvalue weighted by molar-refractivity contribution is 5.82. The van der Waals surface area contributed by atoms with Gasteiger partial charge in [-0.05, 0) is 68.3 Å². The lowest BCUT2D eigenvalue weighted by Crippen LogP contribution is -2.51. The summed E-state index contributed by atoms with van der Waals surface area (Å²) in [7, 11) is 1.92. The average Bonchev–Trinajstić information content (AvgIpc) is 2.72. The monoisotopic (exact) mass is 405 g/mol. The molecule has 1 aliphatic heterocycles. The molecule has 0 aromatic heterocycles. The first-order valence-corrected chi connectivity index (χ1v) is 10.6. The summed E-state index contributed by atoms with van der Waals surface area (Å²) in [6, 6.07) is 21.0. The maximum absolute atomic E-state index is 6.51. The molecule has 4 rings (SSSR count). The molecule has 4 nitrogen and oxygen atoms in total. The summed E-state index contributed by atoms with van der Waals surface area (Å²) in [5.74, 6) is 0.857. The number of ether oxygens (including phenoxy) is 3. The van der Waals surface area contributed by atoms with Crippen LogP contribution in [0.5, 0.6) is 5.75 Å². The Labute approximate surface area is 179 Å². The lowest BCUT2D eigenvalue weighted by Gasteiger charge is -2.45. The fraction of sp³-hybridized carbons (Fsp3) is 0.385. The van der Waals surface area contributed by atoms with Gasteiger partial charge in [0.25, 0.3) is 0 Å². The van der Waals surface area contributed by atoms with Gasteiger partial charge in [0.1, 0.15) is 23.6 Å². The molecule has 158 valence electrons. The molecule has 0 bridgehead atoms. The molecule has 0 amide bonds. The zero-order chi connectivity index (χ0) is 21.3. The van der Waals surface area contributed by atoms with Crippen molar-refractivity contribution < 1.29 is 14.2 Å². The van der Waals surface area contributed by atoms with E-state index in [0.717, 1.165) is 22.6 Å². The largest absolute Gasteiger partial charge is 0.485 e. The van der Waals surface area contributed by atoms with E-state index in [9.17, 15) is 0 Å². The maximum atomic E-state index is 6.51. The van der Waals surface area contributed by atoms with Crippen LogP contribution in [-0.4, -0.2) is 24.9 Å². The summed E-state index contributed by atoms with van der Waals surface area (Å²) < 4.78 is 19.3. The standard InChI is InChI=1S/C26H31NO3/c1-17(2)29-24-22-15-21(27-5)12-13-23(22)30-26(3,4)25(24)28-16-18-10-11-19-8-6-7-9-20(19)14-18/h6-15,17,24-25,27H,16H2,1-5H3. The molecule has 0 aliphatic carbocycles. The molecule has 0 saturated heterocycles. The Hall–Kier alpha value is -2.56. The maximum Gasteiger partial charge on any atom is 0.132 e. The lowest BCUT2D eigenvalue weighted by atomic mass is 9.87. The Balaban J connectivity index is 1.64. The molecule has 0 saturated carbocycles. The number of anilines is 1. The minimum Gasteiger partial charge on any atom is -0.485 e. The number of nitrogens with one attached hydrogen (secondary N) is 1. The minimum atomic E-state index is -0.523. The first-order chi connectivity index (χ1) is 14.4. The SMILES string of the molecule is CNc1ccc2c(c1)C(OC(C)C)C(OCc1ccc3ccccc3c1)C(C)(C)O2. The number of hydrogen-bond donors (Lipinski definition) is 1. The van der Waals surface area contributed by atoms with Crippen LogP contribution >= 0.6 is 0 Å². The highest BCUT2D eigenvalue weighted by Gasteiger charge is 2.46. The predicted octanol–water partition coefficient (Wildman–Crippen LogP) is 6.10. The molecule has 4 heteroatoms. The van der Waals surface area contributed by atoms with Crippen molar-refractivity contribution in [1.82, 2.24) is 0 Å². The molecule has 30 heavy (non-hydrogen) atoms. The Morgan fingerprint density at radius 3 is 2.50 bits per heavy atom. The Morgan fingerprint density at radius 2 is 1.77 bits per heavy atom. The van der Waals surface area contributed by atoms with Gasteiger partial charge < -0.3 is 19.5 Å². The van der Waals surface area contributed by atoms with Crippen molar-refractivity contribution in [2.45, 2.75) is 58.2 Å². The fourth-order valence-corrected chi connectivity index (χ4v) is 4.13. The summed E-state index contributed by atoms with van der Waals surface area (Å²) in [5.41, 5.74) is 2.67. The van der Waals surface area contributed by atoms with Crippen LogP contribution in [0, 0.1) is 0 Å². The van der Waals surface area contributed by atoms with E-state index in [-0.39, 0.29) is 18.3 Å². The second kappa shape index (κ2) is 8.29. The van der Waals surface area contributed by atoms with E-state index >= 15 is 0 Å². The quantitative estimate of drug-likeness (QED) is 0.537. The van der Waals surface area contributed by atoms with Gasteiger partial charge in [-0.2, -0.15) is 0 Å². The topological polar surface area (TPSA) is 39.7 Å². The summed E-state index contributed by atoms with van der Waals surface area (Å²) in [6.45, 7) is 8.77. The predicted molar refractivity (Wildman–Crippen MR) is 122 cm³/mol. The van der Waals surface area contributed by atoms with Gasteiger partial charge in [0.2, 0.25) is 0 Å². The average molecular weight is 406 g/mol. The van der Waals surface area contributed by atoms with Crippen LogP contribution in [0.25, 0.3) is 10.8 Å². The fourth-order valence-electron chi connectivity index (χ4n) is 4.13. The van der Waals surface area contributed by atoms with Crippen LogP contribution in [0.1, 0.15) is 44.9 Å². The first-order valence-electron chi connectivity index (χ1n) is 10.6. The van der Waals surface area contributed by atoms with Crippen molar-refractivity contribution >= 4 is 16.5 Å². The van der Waals surface area contributed by atoms with Crippen molar-refractivity contribution in [1.29, 1.82) is 0 Å². The molecule has 2 atom stereocenters. The van der Waals surface area contributed by atoms with Gasteiger partial charge in [-0.3, -0.25) is 0 Å². The summed E-state index contributed by atoms with van der Waals surface area (Å²) in [6.07, 6.45) is -0.384. The first kappa shape index (κ1) is 20.7. The zero-order valence-electron chi connectivity index (χ0n) is 18.4. The van der Waals surface area contributed by atoms with Crippen LogP contribution in [0.2, 0.25) is 0 Å². The molecule has 0 spiro atoms. The highest BCUT2D eigenvalue weighted by atomic mass is 16.6. The molecule has 2 unspecified atom stereocenters. The molecule has 3 aromatic carbocycles. The Bertz CT molecular complexity index is 1030. The van der Waals surface area contributed by atoms with E-state index < -0.39 is 5.60 Å². The molecule has 1 aliphatic rings. The molecular formula is C26H31NO3. The second-order valence-electron chi connectivity index (χ2n) is 8.73. The molecular weight excluding hydrogens is 374 g/mol. The third-order valence-electron chi connectivity index (χ3n) is 5.60. The van der Waals surface area contributed by atoms with Gasteiger partial charge in [-0.15, -0.1) is 0 Å². The van der Waals surface area contributed by atoms with E-state index in [2.05, 4.69) is 81.5 Å². The van der Waals surface area contributed by atoms with Gasteiger partial charge >= 0.3 is 0 Å². The molecule has 0 fully saturated rings. The van der Waals surface area contributed by atoms with Crippen LogP contribution < -0.4 is 10.1 Å². The van der Waals surface area contributed by atoms with Crippen molar-refractivity contribution in [2.24, 2.45) is 0 Å². The van der Waals surface area contributed by atoms with Crippen molar-refractivity contribution in [3.05, 3.63) is 71.8 Å². The van der Waals surface area contributed by atoms with Crippen LogP contribution in [0.4, 0.5) is 5.69 Å². The molecule has 3 aromatic rings. The normalized spacial score (nSPS) is 20.1. The zero-order valence-corrected chi connectivity index (χ0v) is 18.4. The van der Waals surface area contributed by atoms with Crippen LogP contribution in [0.15, 0.2) is 60.7 Å². The third-order valence-corrected chi connectivity index (χ3v) is 5.60. The number of fused-ring (bicyclic) bond motifs is 2. The molecule has 1 heterocycles. The van der Waals surface area contributed by atoms with Crippen molar-refractivity contribution in [3.63, 3.8) is 0 Å². The van der Waals surface area contributed by atoms with Crippen LogP contribution in [-0.2, 0) is 16.1 Å². The van der Waals surface area contributed by atoms with Gasteiger partial charge in [0, 0.05) is 18.3 Å². The lowest BCUT2D eigenvalue weighted by molar-refractivity contribution is -0.177. The number of benzene rings is 3. The highest BCUT2D eigenvalue weighted by Crippen LogP contribution is 2.45. The van der Waals surface area contributed by atoms with E-state index in [0.29, 0.717) is 6.61 Å². The van der Waals surface area contributed by atoms with Gasteiger partial charge in [0.15, 0.2) is 0 Å². The number of hydrogen-bond acceptors (Lipinski definition) is 4. The van der Waals surface area contributed by atoms with E-state index in [1.807, 2.05) is 19.2 Å². The Morgan fingerprint density at radius 1 is 1.00 bits per heavy atom. The van der Waals surface area contributed by atoms with E-state index in [4.69, 9.17) is 14.2 Å². The summed E-state index contributed by atoms with van der Waals surface area (Å²) >= 11 is 0. The third kappa shape index (κ3) is 4.16. The van der Waals surface area contributed by atoms with Gasteiger partial charge in [-0.25, -0.2) is 0 Å². The van der Waals surface area contributed by atoms with Crippen molar-refractivity contribution in [2.75, 3.05) is 12.4 Å². The minimum absolute atomic E-state index is 0.0711. The van der Waals surface area contributed by atoms with Gasteiger partial charge in [0.05, 0.1) is 12.7 Å². The van der Waals surface area contributed by atoms with Crippen LogP contribution in [0.3, 0.4) is 0 Å². The number of rotatable bonds is 6. The van der Waals surface area contributed by atoms with Gasteiger partial charge in [-0.1, -0.05) is 36.4 Å². The summed E-state index contributed by atoms with van der Waals surface area (Å²) in [4.78, 5) is 0. The van der Waals surface area contributed by atoms with E-state index in [1.54, 1.807) is 0 Å². The van der Waals surface area contributed by atoms with E-state index in [1.165, 1.54) is 10.8 Å². The molecule has 1 N–H and O–H groups in total. The second-order valence-corrected chi connectivity index (χ2v) is 8.73. The van der Waals surface area contributed by atoms with Crippen molar-refractivity contribution in [3.8, 4) is 5.75 Å². The summed E-state index contributed by atoms with van der Waals surface area (Å²) in [5, 5.41) is 5.66. The smallest absolute Gasteiger partial charge is 0.132 e. The Kier molecular flexibility index (Phi) is 5.72.